The van der Waals surface area contributed by atoms with Crippen LogP contribution >= 0.6 is 0 Å². The molecule has 0 aromatic heterocycles. The molecule has 1 aromatic carbocycles. The second kappa shape index (κ2) is 8.94. The van der Waals surface area contributed by atoms with Gasteiger partial charge in [0.2, 0.25) is 11.8 Å². The van der Waals surface area contributed by atoms with Gasteiger partial charge in [0.05, 0.1) is 13.1 Å². The topological polar surface area (TPSA) is 61.4 Å². The van der Waals surface area contributed by atoms with Crippen molar-refractivity contribution in [1.29, 1.82) is 0 Å². The molecule has 0 bridgehead atoms. The summed E-state index contributed by atoms with van der Waals surface area (Å²) < 4.78 is 12.9. The number of carbonyl (C=O) groups is 2. The number of rotatable bonds is 6. The molecule has 0 heterocycles. The number of anilines is 1. The standard InChI is InChI=1S/C19H28FN3O2/c1-13-5-4-6-17(14(13)2)22-19(25)12-23(3)11-18(24)21-16-9-7-15(20)8-10-16/h7-10,13-14,17H,4-6,11-12H2,1-3H3,(H,21,24)(H,22,25)/t13-,14+,17-/m0/s1. The summed E-state index contributed by atoms with van der Waals surface area (Å²) >= 11 is 0. The number of halogens is 1. The van der Waals surface area contributed by atoms with Gasteiger partial charge in [0.15, 0.2) is 0 Å². The van der Waals surface area contributed by atoms with Gasteiger partial charge in [-0.3, -0.25) is 14.5 Å². The maximum Gasteiger partial charge on any atom is 0.238 e. The summed E-state index contributed by atoms with van der Waals surface area (Å²) in [4.78, 5) is 25.9. The largest absolute Gasteiger partial charge is 0.352 e. The van der Waals surface area contributed by atoms with E-state index in [4.69, 9.17) is 0 Å². The molecule has 5 nitrogen and oxygen atoms in total. The summed E-state index contributed by atoms with van der Waals surface area (Å²) in [7, 11) is 1.73. The zero-order valence-electron chi connectivity index (χ0n) is 15.2. The Morgan fingerprint density at radius 2 is 1.76 bits per heavy atom. The van der Waals surface area contributed by atoms with E-state index in [9.17, 15) is 14.0 Å². The minimum absolute atomic E-state index is 0.0527. The van der Waals surface area contributed by atoms with Crippen LogP contribution in [0.2, 0.25) is 0 Å². The number of carbonyl (C=O) groups excluding carboxylic acids is 2. The number of nitrogens with zero attached hydrogens (tertiary/aromatic N) is 1. The molecule has 0 spiro atoms. The van der Waals surface area contributed by atoms with Crippen molar-refractivity contribution < 1.29 is 14.0 Å². The number of hydrogen-bond acceptors (Lipinski definition) is 3. The highest BCUT2D eigenvalue weighted by Crippen LogP contribution is 2.29. The molecule has 0 unspecified atom stereocenters. The summed E-state index contributed by atoms with van der Waals surface area (Å²) in [6.45, 7) is 4.69. The molecule has 2 amide bonds. The van der Waals surface area contributed by atoms with Gasteiger partial charge in [-0.05, 0) is 49.6 Å². The van der Waals surface area contributed by atoms with Gasteiger partial charge in [-0.1, -0.05) is 26.7 Å². The van der Waals surface area contributed by atoms with E-state index in [-0.39, 0.29) is 36.8 Å². The molecule has 6 heteroatoms. The Bertz CT molecular complexity index is 591. The van der Waals surface area contributed by atoms with E-state index < -0.39 is 0 Å². The second-order valence-corrected chi connectivity index (χ2v) is 7.17. The zero-order chi connectivity index (χ0) is 18.4. The van der Waals surface area contributed by atoms with Gasteiger partial charge in [-0.2, -0.15) is 0 Å². The van der Waals surface area contributed by atoms with Crippen LogP contribution in [0.1, 0.15) is 33.1 Å². The van der Waals surface area contributed by atoms with Gasteiger partial charge in [0.25, 0.3) is 0 Å². The fraction of sp³-hybridized carbons (Fsp3) is 0.579. The van der Waals surface area contributed by atoms with Crippen molar-refractivity contribution in [3.05, 3.63) is 30.1 Å². The van der Waals surface area contributed by atoms with Crippen LogP contribution in [-0.4, -0.2) is 42.9 Å². The first-order valence-electron chi connectivity index (χ1n) is 8.88. The molecule has 138 valence electrons. The molecule has 1 aliphatic carbocycles. The maximum absolute atomic E-state index is 12.9. The van der Waals surface area contributed by atoms with Gasteiger partial charge in [-0.25, -0.2) is 4.39 Å². The first-order valence-corrected chi connectivity index (χ1v) is 8.88. The first-order chi connectivity index (χ1) is 11.8. The Morgan fingerprint density at radius 3 is 2.44 bits per heavy atom. The Balaban J connectivity index is 1.75. The molecule has 0 saturated heterocycles. The lowest BCUT2D eigenvalue weighted by molar-refractivity contribution is -0.124. The molecule has 1 aliphatic rings. The van der Waals surface area contributed by atoms with Gasteiger partial charge in [0.1, 0.15) is 5.82 Å². The predicted octanol–water partition coefficient (Wildman–Crippen LogP) is 2.64. The molecule has 0 aliphatic heterocycles. The molecule has 3 atom stereocenters. The molecule has 2 rings (SSSR count). The van der Waals surface area contributed by atoms with E-state index in [0.29, 0.717) is 17.5 Å². The molecule has 25 heavy (non-hydrogen) atoms. The summed E-state index contributed by atoms with van der Waals surface area (Å²) in [6, 6.07) is 5.81. The molecular weight excluding hydrogens is 321 g/mol. The zero-order valence-corrected chi connectivity index (χ0v) is 15.2. The van der Waals surface area contributed by atoms with Crippen LogP contribution < -0.4 is 10.6 Å². The van der Waals surface area contributed by atoms with Crippen LogP contribution in [0.25, 0.3) is 0 Å². The van der Waals surface area contributed by atoms with Crippen LogP contribution in [0.3, 0.4) is 0 Å². The fourth-order valence-electron chi connectivity index (χ4n) is 3.32. The van der Waals surface area contributed by atoms with Gasteiger partial charge < -0.3 is 10.6 Å². The van der Waals surface area contributed by atoms with Crippen molar-refractivity contribution in [2.75, 3.05) is 25.5 Å². The summed E-state index contributed by atoms with van der Waals surface area (Å²) in [6.07, 6.45) is 3.38. The highest BCUT2D eigenvalue weighted by atomic mass is 19.1. The van der Waals surface area contributed by atoms with Crippen molar-refractivity contribution in [3.8, 4) is 0 Å². The smallest absolute Gasteiger partial charge is 0.238 e. The lowest BCUT2D eigenvalue weighted by Gasteiger charge is -2.34. The third kappa shape index (κ3) is 6.12. The summed E-state index contributed by atoms with van der Waals surface area (Å²) in [5.41, 5.74) is 0.536. The third-order valence-corrected chi connectivity index (χ3v) is 5.01. The first kappa shape index (κ1) is 19.4. The molecule has 1 fully saturated rings. The van der Waals surface area contributed by atoms with Crippen LogP contribution in [-0.2, 0) is 9.59 Å². The number of hydrogen-bond donors (Lipinski definition) is 2. The van der Waals surface area contributed by atoms with Crippen LogP contribution in [0.5, 0.6) is 0 Å². The number of likely N-dealkylation sites (N-methyl/N-ethyl adjacent to an activating group) is 1. The van der Waals surface area contributed by atoms with E-state index in [1.54, 1.807) is 11.9 Å². The summed E-state index contributed by atoms with van der Waals surface area (Å²) in [5.74, 6) is 0.464. The van der Waals surface area contributed by atoms with Crippen molar-refractivity contribution in [2.45, 2.75) is 39.2 Å². The van der Waals surface area contributed by atoms with Crippen molar-refractivity contribution in [2.24, 2.45) is 11.8 Å². The monoisotopic (exact) mass is 349 g/mol. The maximum atomic E-state index is 12.9. The van der Waals surface area contributed by atoms with Gasteiger partial charge >= 0.3 is 0 Å². The van der Waals surface area contributed by atoms with E-state index in [0.717, 1.165) is 12.8 Å². The van der Waals surface area contributed by atoms with Crippen molar-refractivity contribution >= 4 is 17.5 Å². The lowest BCUT2D eigenvalue weighted by Crippen LogP contribution is -2.47. The van der Waals surface area contributed by atoms with Crippen molar-refractivity contribution in [1.82, 2.24) is 10.2 Å². The van der Waals surface area contributed by atoms with E-state index in [1.807, 2.05) is 0 Å². The number of amides is 2. The fourth-order valence-corrected chi connectivity index (χ4v) is 3.32. The molecule has 2 N–H and O–H groups in total. The Morgan fingerprint density at radius 1 is 1.12 bits per heavy atom. The lowest BCUT2D eigenvalue weighted by atomic mass is 9.78. The van der Waals surface area contributed by atoms with E-state index >= 15 is 0 Å². The quantitative estimate of drug-likeness (QED) is 0.830. The second-order valence-electron chi connectivity index (χ2n) is 7.17. The average Bonchev–Trinajstić information content (AvgIpc) is 2.53. The predicted molar refractivity (Wildman–Crippen MR) is 96.6 cm³/mol. The Kier molecular flexibility index (Phi) is 6.93. The van der Waals surface area contributed by atoms with Crippen LogP contribution in [0.15, 0.2) is 24.3 Å². The number of benzene rings is 1. The average molecular weight is 349 g/mol. The van der Waals surface area contributed by atoms with Gasteiger partial charge in [-0.15, -0.1) is 0 Å². The summed E-state index contributed by atoms with van der Waals surface area (Å²) in [5, 5.41) is 5.79. The van der Waals surface area contributed by atoms with E-state index in [2.05, 4.69) is 24.5 Å². The minimum atomic E-state index is -0.349. The van der Waals surface area contributed by atoms with Crippen LogP contribution in [0.4, 0.5) is 10.1 Å². The number of nitrogens with one attached hydrogen (secondary N) is 2. The molecular formula is C19H28FN3O2. The Labute approximate surface area is 149 Å². The highest BCUT2D eigenvalue weighted by Gasteiger charge is 2.28. The molecule has 1 aromatic rings. The van der Waals surface area contributed by atoms with Crippen molar-refractivity contribution in [3.63, 3.8) is 0 Å². The molecule has 1 saturated carbocycles. The molecule has 0 radical (unpaired) electrons. The third-order valence-electron chi connectivity index (χ3n) is 5.01. The highest BCUT2D eigenvalue weighted by molar-refractivity contribution is 5.92. The SMILES string of the molecule is C[C@H]1[C@@H](NC(=O)CN(C)CC(=O)Nc2ccc(F)cc2)CCC[C@@H]1C. The Hall–Kier alpha value is -1.95. The van der Waals surface area contributed by atoms with E-state index in [1.165, 1.54) is 30.7 Å². The minimum Gasteiger partial charge on any atom is -0.352 e. The van der Waals surface area contributed by atoms with Crippen LogP contribution in [0, 0.1) is 17.7 Å². The normalized spacial score (nSPS) is 23.3. The van der Waals surface area contributed by atoms with Gasteiger partial charge in [0, 0.05) is 11.7 Å².